The van der Waals surface area contributed by atoms with E-state index in [1.165, 1.54) is 16.7 Å². The van der Waals surface area contributed by atoms with Gasteiger partial charge in [0.1, 0.15) is 0 Å². The number of benzene rings is 1. The molecule has 1 aromatic heterocycles. The maximum atomic E-state index is 12.0. The highest BCUT2D eigenvalue weighted by molar-refractivity contribution is 7.94. The van der Waals surface area contributed by atoms with Gasteiger partial charge in [-0.25, -0.2) is 13.4 Å². The zero-order chi connectivity index (χ0) is 16.4. The fourth-order valence-corrected chi connectivity index (χ4v) is 4.66. The van der Waals surface area contributed by atoms with Crippen LogP contribution in [0.25, 0.3) is 11.3 Å². The van der Waals surface area contributed by atoms with E-state index in [4.69, 9.17) is 11.6 Å². The van der Waals surface area contributed by atoms with Crippen molar-refractivity contribution in [1.29, 1.82) is 0 Å². The first-order chi connectivity index (χ1) is 10.9. The number of aromatic nitrogens is 1. The molecular weight excluding hydrogens is 356 g/mol. The number of halogens is 1. The molecule has 3 rings (SSSR count). The molecule has 2 aromatic rings. The van der Waals surface area contributed by atoms with Gasteiger partial charge in [-0.3, -0.25) is 4.79 Å². The lowest BCUT2D eigenvalue weighted by molar-refractivity contribution is -0.116. The Morgan fingerprint density at radius 2 is 2.17 bits per heavy atom. The number of rotatable bonds is 4. The van der Waals surface area contributed by atoms with Crippen molar-refractivity contribution in [1.82, 2.24) is 4.98 Å². The van der Waals surface area contributed by atoms with Crippen molar-refractivity contribution in [2.24, 2.45) is 5.92 Å². The Labute approximate surface area is 142 Å². The molecule has 0 bridgehead atoms. The molecule has 0 radical (unpaired) electrons. The van der Waals surface area contributed by atoms with E-state index in [1.807, 2.05) is 23.6 Å². The Balaban J connectivity index is 1.64. The molecule has 1 amide bonds. The highest BCUT2D eigenvalue weighted by Gasteiger charge is 2.24. The van der Waals surface area contributed by atoms with Crippen LogP contribution in [0.1, 0.15) is 6.42 Å². The Kier molecular flexibility index (Phi) is 4.52. The molecule has 2 heterocycles. The van der Waals surface area contributed by atoms with Crippen molar-refractivity contribution in [2.45, 2.75) is 6.42 Å². The highest BCUT2D eigenvalue weighted by atomic mass is 35.5. The van der Waals surface area contributed by atoms with Gasteiger partial charge in [-0.2, -0.15) is 0 Å². The molecule has 1 aliphatic rings. The fourth-order valence-electron chi connectivity index (χ4n) is 2.30. The third kappa shape index (κ3) is 3.99. The number of carbonyl (C=O) groups excluding carboxylic acids is 1. The lowest BCUT2D eigenvalue weighted by atomic mass is 10.1. The molecule has 5 nitrogen and oxygen atoms in total. The number of amides is 1. The van der Waals surface area contributed by atoms with Crippen LogP contribution < -0.4 is 5.32 Å². The second kappa shape index (κ2) is 6.43. The van der Waals surface area contributed by atoms with Crippen molar-refractivity contribution in [3.8, 4) is 11.3 Å². The summed E-state index contributed by atoms with van der Waals surface area (Å²) in [5, 5.41) is 6.75. The van der Waals surface area contributed by atoms with Gasteiger partial charge in [0.25, 0.3) is 0 Å². The summed E-state index contributed by atoms with van der Waals surface area (Å²) in [5.41, 5.74) is 1.50. The molecule has 8 heteroatoms. The number of thiazole rings is 1. The topological polar surface area (TPSA) is 76.1 Å². The fraction of sp³-hybridized carbons (Fsp3) is 0.200. The largest absolute Gasteiger partial charge is 0.302 e. The van der Waals surface area contributed by atoms with Gasteiger partial charge in [0.05, 0.1) is 11.4 Å². The summed E-state index contributed by atoms with van der Waals surface area (Å²) in [6, 6.07) is 7.34. The Hall–Kier alpha value is -1.70. The van der Waals surface area contributed by atoms with Crippen molar-refractivity contribution in [2.75, 3.05) is 11.1 Å². The van der Waals surface area contributed by atoms with E-state index >= 15 is 0 Å². The smallest absolute Gasteiger partial charge is 0.226 e. The van der Waals surface area contributed by atoms with Crippen LogP contribution in [0.2, 0.25) is 5.02 Å². The van der Waals surface area contributed by atoms with Crippen molar-refractivity contribution in [3.63, 3.8) is 0 Å². The summed E-state index contributed by atoms with van der Waals surface area (Å²) in [4.78, 5) is 16.3. The molecule has 1 aliphatic heterocycles. The lowest BCUT2D eigenvalue weighted by Gasteiger charge is -2.05. The molecule has 1 aromatic carbocycles. The summed E-state index contributed by atoms with van der Waals surface area (Å²) >= 11 is 7.43. The number of hydrogen-bond acceptors (Lipinski definition) is 5. The number of anilines is 1. The van der Waals surface area contributed by atoms with Gasteiger partial charge in [-0.05, 0) is 6.07 Å². The normalized spacial score (nSPS) is 18.9. The van der Waals surface area contributed by atoms with Crippen molar-refractivity contribution in [3.05, 3.63) is 46.2 Å². The van der Waals surface area contributed by atoms with E-state index in [1.54, 1.807) is 12.1 Å². The quantitative estimate of drug-likeness (QED) is 0.897. The first kappa shape index (κ1) is 16.2. The molecule has 1 N–H and O–H groups in total. The Morgan fingerprint density at radius 3 is 2.87 bits per heavy atom. The predicted molar refractivity (Wildman–Crippen MR) is 92.2 cm³/mol. The average molecular weight is 369 g/mol. The second-order valence-electron chi connectivity index (χ2n) is 5.19. The maximum absolute atomic E-state index is 12.0. The number of allylic oxidation sites excluding steroid dienone is 1. The standard InChI is InChI=1S/C15H13ClN2O3S2/c16-12-4-2-1-3-11(12)13-8-22-15(17-13)18-14(19)7-10-5-6-23(20,21)9-10/h1-6,8,10H,7,9H2,(H,17,18,19). The van der Waals surface area contributed by atoms with Crippen LogP contribution in [-0.2, 0) is 14.6 Å². The predicted octanol–water partition coefficient (Wildman–Crippen LogP) is 3.35. The summed E-state index contributed by atoms with van der Waals surface area (Å²) < 4.78 is 22.7. The first-order valence-electron chi connectivity index (χ1n) is 6.84. The van der Waals surface area contributed by atoms with Gasteiger partial charge in [0, 0.05) is 33.7 Å². The maximum Gasteiger partial charge on any atom is 0.226 e. The summed E-state index contributed by atoms with van der Waals surface area (Å²) in [6.45, 7) is 0. The third-order valence-corrected chi connectivity index (χ3v) is 5.90. The zero-order valence-corrected chi connectivity index (χ0v) is 14.3. The van der Waals surface area contributed by atoms with Crippen LogP contribution in [0.3, 0.4) is 0 Å². The number of nitrogens with zero attached hydrogens (tertiary/aromatic N) is 1. The minimum absolute atomic E-state index is 0.0108. The zero-order valence-electron chi connectivity index (χ0n) is 11.9. The van der Waals surface area contributed by atoms with E-state index in [0.717, 1.165) is 5.56 Å². The molecule has 23 heavy (non-hydrogen) atoms. The summed E-state index contributed by atoms with van der Waals surface area (Å²) in [7, 11) is -3.14. The number of sulfone groups is 1. The van der Waals surface area contributed by atoms with Crippen LogP contribution in [0, 0.1) is 5.92 Å². The lowest BCUT2D eigenvalue weighted by Crippen LogP contribution is -2.17. The van der Waals surface area contributed by atoms with Crippen molar-refractivity contribution >= 4 is 43.8 Å². The van der Waals surface area contributed by atoms with E-state index in [2.05, 4.69) is 10.3 Å². The number of carbonyl (C=O) groups is 1. The van der Waals surface area contributed by atoms with Crippen LogP contribution >= 0.6 is 22.9 Å². The van der Waals surface area contributed by atoms with Crippen LogP contribution in [0.15, 0.2) is 41.1 Å². The van der Waals surface area contributed by atoms with Crippen LogP contribution in [0.4, 0.5) is 5.13 Å². The van der Waals surface area contributed by atoms with Crippen LogP contribution in [0.5, 0.6) is 0 Å². The number of hydrogen-bond donors (Lipinski definition) is 1. The minimum Gasteiger partial charge on any atom is -0.302 e. The van der Waals surface area contributed by atoms with Gasteiger partial charge in [0.2, 0.25) is 5.91 Å². The van der Waals surface area contributed by atoms with Gasteiger partial charge in [-0.1, -0.05) is 35.9 Å². The summed E-state index contributed by atoms with van der Waals surface area (Å²) in [5.74, 6) is -0.539. The molecule has 0 fully saturated rings. The Bertz CT molecular complexity index is 874. The molecule has 0 saturated heterocycles. The molecule has 0 spiro atoms. The number of nitrogens with one attached hydrogen (secondary N) is 1. The molecule has 120 valence electrons. The van der Waals surface area contributed by atoms with Crippen LogP contribution in [-0.4, -0.2) is 25.1 Å². The highest BCUT2D eigenvalue weighted by Crippen LogP contribution is 2.30. The molecule has 1 atom stereocenters. The monoisotopic (exact) mass is 368 g/mol. The molecular formula is C15H13ClN2O3S2. The Morgan fingerprint density at radius 1 is 1.39 bits per heavy atom. The van der Waals surface area contributed by atoms with Gasteiger partial charge < -0.3 is 5.32 Å². The first-order valence-corrected chi connectivity index (χ1v) is 9.81. The van der Waals surface area contributed by atoms with Gasteiger partial charge in [-0.15, -0.1) is 11.3 Å². The van der Waals surface area contributed by atoms with Gasteiger partial charge in [0.15, 0.2) is 15.0 Å². The minimum atomic E-state index is -3.14. The average Bonchev–Trinajstić information content (AvgIpc) is 3.06. The molecule has 0 aliphatic carbocycles. The van der Waals surface area contributed by atoms with Crippen molar-refractivity contribution < 1.29 is 13.2 Å². The van der Waals surface area contributed by atoms with E-state index in [9.17, 15) is 13.2 Å². The van der Waals surface area contributed by atoms with E-state index in [-0.39, 0.29) is 24.0 Å². The second-order valence-corrected chi connectivity index (χ2v) is 8.38. The molecule has 0 saturated carbocycles. The van der Waals surface area contributed by atoms with Gasteiger partial charge >= 0.3 is 0 Å². The van der Waals surface area contributed by atoms with E-state index < -0.39 is 9.84 Å². The third-order valence-electron chi connectivity index (χ3n) is 3.35. The SMILES string of the molecule is O=C(CC1C=CS(=O)(=O)C1)Nc1nc(-c2ccccc2Cl)cs1. The van der Waals surface area contributed by atoms with E-state index in [0.29, 0.717) is 15.8 Å². The molecule has 1 unspecified atom stereocenters. The summed E-state index contributed by atoms with van der Waals surface area (Å²) in [6.07, 6.45) is 1.68.